The molecule has 0 atom stereocenters. The van der Waals surface area contributed by atoms with Crippen molar-refractivity contribution in [2.75, 3.05) is 18.8 Å². The standard InChI is InChI=1S/C13H21N5O2/c1-3-9-10(14)11(17(2)16-9)13(20)18-6-4-8(5-7-18)12(15)19/h8H,3-7,14H2,1-2H3,(H2,15,19). The van der Waals surface area contributed by atoms with Gasteiger partial charge in [-0.05, 0) is 19.3 Å². The van der Waals surface area contributed by atoms with E-state index < -0.39 is 0 Å². The van der Waals surface area contributed by atoms with Crippen LogP contribution in [-0.4, -0.2) is 39.6 Å². The lowest BCUT2D eigenvalue weighted by molar-refractivity contribution is -0.123. The number of nitrogen functional groups attached to an aromatic ring is 1. The summed E-state index contributed by atoms with van der Waals surface area (Å²) in [5, 5.41) is 4.26. The summed E-state index contributed by atoms with van der Waals surface area (Å²) >= 11 is 0. The van der Waals surface area contributed by atoms with Crippen LogP contribution in [-0.2, 0) is 18.3 Å². The summed E-state index contributed by atoms with van der Waals surface area (Å²) in [5.41, 5.74) is 12.9. The lowest BCUT2D eigenvalue weighted by Crippen LogP contribution is -2.42. The molecule has 0 aliphatic carbocycles. The van der Waals surface area contributed by atoms with Gasteiger partial charge in [0.25, 0.3) is 5.91 Å². The highest BCUT2D eigenvalue weighted by Gasteiger charge is 2.29. The molecule has 7 nitrogen and oxygen atoms in total. The van der Waals surface area contributed by atoms with Crippen LogP contribution in [0.4, 0.5) is 5.69 Å². The Balaban J connectivity index is 2.13. The number of carbonyl (C=O) groups excluding carboxylic acids is 2. The average Bonchev–Trinajstić information content (AvgIpc) is 2.72. The van der Waals surface area contributed by atoms with Crippen LogP contribution in [0.3, 0.4) is 0 Å². The molecule has 1 fully saturated rings. The first-order valence-electron chi connectivity index (χ1n) is 6.85. The van der Waals surface area contributed by atoms with Crippen molar-refractivity contribution in [2.45, 2.75) is 26.2 Å². The van der Waals surface area contributed by atoms with E-state index in [4.69, 9.17) is 11.5 Å². The van der Waals surface area contributed by atoms with Gasteiger partial charge in [-0.25, -0.2) is 0 Å². The molecular weight excluding hydrogens is 258 g/mol. The molecule has 110 valence electrons. The third-order valence-corrected chi connectivity index (χ3v) is 3.88. The van der Waals surface area contributed by atoms with E-state index in [9.17, 15) is 9.59 Å². The van der Waals surface area contributed by atoms with Crippen molar-refractivity contribution >= 4 is 17.5 Å². The fourth-order valence-corrected chi connectivity index (χ4v) is 2.63. The summed E-state index contributed by atoms with van der Waals surface area (Å²) in [6.45, 7) is 3.00. The zero-order valence-corrected chi connectivity index (χ0v) is 11.9. The lowest BCUT2D eigenvalue weighted by Gasteiger charge is -2.30. The molecule has 0 radical (unpaired) electrons. The number of aryl methyl sites for hydroxylation is 2. The molecule has 4 N–H and O–H groups in total. The highest BCUT2D eigenvalue weighted by molar-refractivity contribution is 5.98. The van der Waals surface area contributed by atoms with Gasteiger partial charge in [0.1, 0.15) is 5.69 Å². The average molecular weight is 279 g/mol. The van der Waals surface area contributed by atoms with Crippen molar-refractivity contribution in [3.8, 4) is 0 Å². The molecule has 1 aromatic rings. The van der Waals surface area contributed by atoms with Crippen LogP contribution in [0.2, 0.25) is 0 Å². The first-order chi connectivity index (χ1) is 9.45. The van der Waals surface area contributed by atoms with E-state index in [2.05, 4.69) is 5.10 Å². The Hall–Kier alpha value is -2.05. The van der Waals surface area contributed by atoms with Crippen LogP contribution >= 0.6 is 0 Å². The minimum absolute atomic E-state index is 0.125. The molecule has 7 heteroatoms. The zero-order chi connectivity index (χ0) is 14.9. The predicted octanol–water partition coefficient (Wildman–Crippen LogP) is -0.0978. The van der Waals surface area contributed by atoms with E-state index in [-0.39, 0.29) is 17.7 Å². The first-order valence-corrected chi connectivity index (χ1v) is 6.85. The SMILES string of the molecule is CCc1nn(C)c(C(=O)N2CCC(C(N)=O)CC2)c1N. The van der Waals surface area contributed by atoms with Crippen molar-refractivity contribution in [1.82, 2.24) is 14.7 Å². The van der Waals surface area contributed by atoms with Crippen LogP contribution in [0.25, 0.3) is 0 Å². The number of amides is 2. The normalized spacial score (nSPS) is 16.4. The zero-order valence-electron chi connectivity index (χ0n) is 11.9. The van der Waals surface area contributed by atoms with E-state index in [0.29, 0.717) is 43.7 Å². The lowest BCUT2D eigenvalue weighted by atomic mass is 9.96. The van der Waals surface area contributed by atoms with Crippen LogP contribution in [0.15, 0.2) is 0 Å². The smallest absolute Gasteiger partial charge is 0.274 e. The van der Waals surface area contributed by atoms with Crippen molar-refractivity contribution in [3.05, 3.63) is 11.4 Å². The van der Waals surface area contributed by atoms with Gasteiger partial charge in [-0.1, -0.05) is 6.92 Å². The Morgan fingerprint density at radius 3 is 2.40 bits per heavy atom. The molecule has 0 aromatic carbocycles. The topological polar surface area (TPSA) is 107 Å². The number of carbonyl (C=O) groups is 2. The summed E-state index contributed by atoms with van der Waals surface area (Å²) in [5.74, 6) is -0.542. The van der Waals surface area contributed by atoms with Crippen molar-refractivity contribution in [2.24, 2.45) is 18.7 Å². The molecule has 1 aromatic heterocycles. The molecule has 2 rings (SSSR count). The molecule has 0 unspecified atom stereocenters. The van der Waals surface area contributed by atoms with Crippen LogP contribution < -0.4 is 11.5 Å². The number of nitrogens with two attached hydrogens (primary N) is 2. The molecule has 1 saturated heterocycles. The number of likely N-dealkylation sites (tertiary alicyclic amines) is 1. The van der Waals surface area contributed by atoms with Gasteiger partial charge < -0.3 is 16.4 Å². The molecule has 1 aliphatic heterocycles. The van der Waals surface area contributed by atoms with Gasteiger partial charge in [0.05, 0.1) is 11.4 Å². The van der Waals surface area contributed by atoms with Gasteiger partial charge in [0.15, 0.2) is 0 Å². The fraction of sp³-hybridized carbons (Fsp3) is 0.615. The summed E-state index contributed by atoms with van der Waals surface area (Å²) in [6.07, 6.45) is 1.91. The summed E-state index contributed by atoms with van der Waals surface area (Å²) in [7, 11) is 1.72. The second kappa shape index (κ2) is 5.52. The monoisotopic (exact) mass is 279 g/mol. The van der Waals surface area contributed by atoms with Crippen LogP contribution in [0, 0.1) is 5.92 Å². The van der Waals surface area contributed by atoms with Crippen LogP contribution in [0.1, 0.15) is 35.9 Å². The van der Waals surface area contributed by atoms with E-state index in [1.807, 2.05) is 6.92 Å². The molecule has 0 saturated carbocycles. The van der Waals surface area contributed by atoms with E-state index in [1.165, 1.54) is 4.68 Å². The Labute approximate surface area is 117 Å². The number of anilines is 1. The molecule has 0 bridgehead atoms. The first kappa shape index (κ1) is 14.4. The number of hydrogen-bond acceptors (Lipinski definition) is 4. The van der Waals surface area contributed by atoms with E-state index in [0.717, 1.165) is 5.69 Å². The van der Waals surface area contributed by atoms with Crippen molar-refractivity contribution in [1.29, 1.82) is 0 Å². The predicted molar refractivity (Wildman–Crippen MR) is 74.8 cm³/mol. The summed E-state index contributed by atoms with van der Waals surface area (Å²) in [4.78, 5) is 25.4. The van der Waals surface area contributed by atoms with E-state index in [1.54, 1.807) is 11.9 Å². The molecule has 1 aliphatic rings. The second-order valence-corrected chi connectivity index (χ2v) is 5.15. The van der Waals surface area contributed by atoms with Gasteiger partial charge in [0, 0.05) is 26.1 Å². The van der Waals surface area contributed by atoms with Crippen molar-refractivity contribution in [3.63, 3.8) is 0 Å². The number of nitrogens with zero attached hydrogens (tertiary/aromatic N) is 3. The Morgan fingerprint density at radius 1 is 1.35 bits per heavy atom. The fourth-order valence-electron chi connectivity index (χ4n) is 2.63. The minimum Gasteiger partial charge on any atom is -0.395 e. The second-order valence-electron chi connectivity index (χ2n) is 5.15. The molecule has 2 heterocycles. The van der Waals surface area contributed by atoms with Crippen LogP contribution in [0.5, 0.6) is 0 Å². The number of aromatic nitrogens is 2. The number of rotatable bonds is 3. The van der Waals surface area contributed by atoms with Crippen molar-refractivity contribution < 1.29 is 9.59 Å². The Morgan fingerprint density at radius 2 is 1.95 bits per heavy atom. The van der Waals surface area contributed by atoms with Gasteiger partial charge in [0.2, 0.25) is 5.91 Å². The third kappa shape index (κ3) is 2.48. The Kier molecular flexibility index (Phi) is 3.96. The number of piperidine rings is 1. The van der Waals surface area contributed by atoms with Gasteiger partial charge in [-0.2, -0.15) is 5.10 Å². The minimum atomic E-state index is -0.287. The molecular formula is C13H21N5O2. The molecule has 2 amide bonds. The van der Waals surface area contributed by atoms with E-state index >= 15 is 0 Å². The number of primary amides is 1. The Bertz CT molecular complexity index is 529. The maximum Gasteiger partial charge on any atom is 0.274 e. The summed E-state index contributed by atoms with van der Waals surface area (Å²) < 4.78 is 1.54. The maximum absolute atomic E-state index is 12.5. The third-order valence-electron chi connectivity index (χ3n) is 3.88. The highest BCUT2D eigenvalue weighted by atomic mass is 16.2. The quantitative estimate of drug-likeness (QED) is 0.805. The summed E-state index contributed by atoms with van der Waals surface area (Å²) in [6, 6.07) is 0. The maximum atomic E-state index is 12.5. The molecule has 20 heavy (non-hydrogen) atoms. The van der Waals surface area contributed by atoms with Gasteiger partial charge in [-0.3, -0.25) is 14.3 Å². The van der Waals surface area contributed by atoms with Gasteiger partial charge in [-0.15, -0.1) is 0 Å². The highest BCUT2D eigenvalue weighted by Crippen LogP contribution is 2.22. The molecule has 0 spiro atoms. The largest absolute Gasteiger partial charge is 0.395 e. The van der Waals surface area contributed by atoms with Gasteiger partial charge >= 0.3 is 0 Å². The number of hydrogen-bond donors (Lipinski definition) is 2.